The maximum Gasteiger partial charge on any atom is 0.442 e. The molecule has 0 aliphatic rings. The minimum absolute atomic E-state index is 0.0693. The molecule has 0 aromatic heterocycles. The van der Waals surface area contributed by atoms with Crippen molar-refractivity contribution in [2.75, 3.05) is 5.75 Å². The molecule has 0 aliphatic carbocycles. The van der Waals surface area contributed by atoms with Crippen LogP contribution in [0.5, 0.6) is 5.75 Å². The lowest BCUT2D eigenvalue weighted by molar-refractivity contribution is 0.188. The van der Waals surface area contributed by atoms with E-state index in [1.807, 2.05) is 12.1 Å². The molecule has 2 rings (SSSR count). The van der Waals surface area contributed by atoms with E-state index in [0.29, 0.717) is 4.47 Å². The van der Waals surface area contributed by atoms with Gasteiger partial charge in [-0.2, -0.15) is 20.5 Å². The molecule has 0 heterocycles. The van der Waals surface area contributed by atoms with Crippen LogP contribution in [-0.2, 0) is 16.7 Å². The normalized spacial score (nSPS) is 13.6. The molecule has 2 aromatic rings. The van der Waals surface area contributed by atoms with Gasteiger partial charge in [-0.05, 0) is 69.9 Å². The Morgan fingerprint density at radius 1 is 1.12 bits per heavy atom. The molecule has 0 aliphatic heterocycles. The van der Waals surface area contributed by atoms with Crippen molar-refractivity contribution < 1.29 is 22.8 Å². The summed E-state index contributed by atoms with van der Waals surface area (Å²) in [5.74, 6) is 1.67. The van der Waals surface area contributed by atoms with Gasteiger partial charge >= 0.3 is 13.8 Å². The standard InChI is InChI=1S/C17H17Br2F2O3PS/c18-14-6-3-12(4-7-14)2-1-9-26-11-13-5-8-16(15(19)10-13)24-25(22,23)17(20)21/h3-8,10,17H,1-2,9,11H2,(H,22,23). The molecule has 0 spiro atoms. The largest absolute Gasteiger partial charge is 0.442 e. The maximum atomic E-state index is 12.4. The zero-order chi connectivity index (χ0) is 19.2. The van der Waals surface area contributed by atoms with E-state index in [9.17, 15) is 13.3 Å². The summed E-state index contributed by atoms with van der Waals surface area (Å²) in [6.07, 6.45) is -1.37. The molecule has 0 amide bonds. The lowest BCUT2D eigenvalue weighted by Crippen LogP contribution is -2.01. The Bertz CT molecular complexity index is 775. The topological polar surface area (TPSA) is 46.5 Å². The highest BCUT2D eigenvalue weighted by molar-refractivity contribution is 9.10. The third-order valence-electron chi connectivity index (χ3n) is 3.41. The number of benzene rings is 2. The van der Waals surface area contributed by atoms with Crippen LogP contribution < -0.4 is 4.52 Å². The third-order valence-corrected chi connectivity index (χ3v) is 6.62. The maximum absolute atomic E-state index is 12.4. The smallest absolute Gasteiger partial charge is 0.420 e. The summed E-state index contributed by atoms with van der Waals surface area (Å²) in [5.41, 5.74) is 2.27. The van der Waals surface area contributed by atoms with Gasteiger partial charge in [0.05, 0.1) is 4.47 Å². The van der Waals surface area contributed by atoms with E-state index in [1.54, 1.807) is 23.9 Å². The zero-order valence-electron chi connectivity index (χ0n) is 13.6. The van der Waals surface area contributed by atoms with Gasteiger partial charge < -0.3 is 9.42 Å². The molecule has 2 aromatic carbocycles. The van der Waals surface area contributed by atoms with Crippen LogP contribution in [0, 0.1) is 0 Å². The van der Waals surface area contributed by atoms with Crippen LogP contribution in [0.3, 0.4) is 0 Å². The van der Waals surface area contributed by atoms with E-state index in [4.69, 9.17) is 4.89 Å². The Hall–Kier alpha value is -0.400. The van der Waals surface area contributed by atoms with Crippen molar-refractivity contribution in [2.24, 2.45) is 0 Å². The SMILES string of the molecule is O=P(O)(Oc1ccc(CSCCCc2ccc(Br)cc2)cc1Br)C(F)F. The number of thioether (sulfide) groups is 1. The highest BCUT2D eigenvalue weighted by atomic mass is 79.9. The van der Waals surface area contributed by atoms with Crippen molar-refractivity contribution in [3.05, 3.63) is 62.5 Å². The van der Waals surface area contributed by atoms with Crippen LogP contribution in [0.25, 0.3) is 0 Å². The molecule has 0 saturated heterocycles. The number of hydrogen-bond acceptors (Lipinski definition) is 3. The summed E-state index contributed by atoms with van der Waals surface area (Å²) in [7, 11) is -4.96. The predicted octanol–water partition coefficient (Wildman–Crippen LogP) is 6.86. The second kappa shape index (κ2) is 10.2. The first-order chi connectivity index (χ1) is 12.3. The van der Waals surface area contributed by atoms with Crippen molar-refractivity contribution in [1.29, 1.82) is 0 Å². The second-order valence-electron chi connectivity index (χ2n) is 5.48. The predicted molar refractivity (Wildman–Crippen MR) is 109 cm³/mol. The Kier molecular flexibility index (Phi) is 8.61. The molecule has 3 nitrogen and oxygen atoms in total. The summed E-state index contributed by atoms with van der Waals surface area (Å²) >= 11 is 8.37. The number of aryl methyl sites for hydroxylation is 1. The van der Waals surface area contributed by atoms with Crippen LogP contribution in [0.1, 0.15) is 17.5 Å². The summed E-state index contributed by atoms with van der Waals surface area (Å²) in [4.78, 5) is 9.10. The summed E-state index contributed by atoms with van der Waals surface area (Å²) in [5, 5.41) is 0. The van der Waals surface area contributed by atoms with Crippen LogP contribution in [0.15, 0.2) is 51.4 Å². The summed E-state index contributed by atoms with van der Waals surface area (Å²) in [6.45, 7) is 0. The third kappa shape index (κ3) is 6.97. The van der Waals surface area contributed by atoms with Crippen molar-refractivity contribution >= 4 is 51.2 Å². The van der Waals surface area contributed by atoms with Crippen molar-refractivity contribution in [3.8, 4) is 5.75 Å². The molecular formula is C17H17Br2F2O3PS. The van der Waals surface area contributed by atoms with Gasteiger partial charge in [0.1, 0.15) is 5.75 Å². The van der Waals surface area contributed by atoms with E-state index in [-0.39, 0.29) is 5.75 Å². The summed E-state index contributed by atoms with van der Waals surface area (Å²) < 4.78 is 42.1. The van der Waals surface area contributed by atoms with Crippen molar-refractivity contribution in [2.45, 2.75) is 24.8 Å². The van der Waals surface area contributed by atoms with Gasteiger partial charge in [0.25, 0.3) is 0 Å². The number of alkyl halides is 2. The van der Waals surface area contributed by atoms with E-state index in [2.05, 4.69) is 48.5 Å². The quantitative estimate of drug-likeness (QED) is 0.284. The zero-order valence-corrected chi connectivity index (χ0v) is 18.5. The van der Waals surface area contributed by atoms with E-state index >= 15 is 0 Å². The first kappa shape index (κ1) is 21.9. The summed E-state index contributed by atoms with van der Waals surface area (Å²) in [6, 6.07) is 13.1. The average molecular weight is 530 g/mol. The first-order valence-electron chi connectivity index (χ1n) is 7.69. The molecule has 1 atom stereocenters. The number of halogens is 4. The monoisotopic (exact) mass is 528 g/mol. The van der Waals surface area contributed by atoms with Gasteiger partial charge in [-0.3, -0.25) is 0 Å². The second-order valence-corrected chi connectivity index (χ2v) is 10.1. The molecule has 0 fully saturated rings. The number of rotatable bonds is 9. The molecule has 142 valence electrons. The fraction of sp³-hybridized carbons (Fsp3) is 0.294. The highest BCUT2D eigenvalue weighted by Crippen LogP contribution is 2.50. The highest BCUT2D eigenvalue weighted by Gasteiger charge is 2.34. The van der Waals surface area contributed by atoms with Gasteiger partial charge in [0, 0.05) is 10.2 Å². The first-order valence-corrected chi connectivity index (χ1v) is 12.1. The minimum atomic E-state index is -4.96. The van der Waals surface area contributed by atoms with Crippen molar-refractivity contribution in [1.82, 2.24) is 0 Å². The van der Waals surface area contributed by atoms with Crippen LogP contribution in [0.2, 0.25) is 0 Å². The van der Waals surface area contributed by atoms with E-state index < -0.39 is 13.8 Å². The number of hydrogen-bond donors (Lipinski definition) is 1. The van der Waals surface area contributed by atoms with Crippen LogP contribution in [0.4, 0.5) is 8.78 Å². The van der Waals surface area contributed by atoms with Crippen LogP contribution >= 0.6 is 51.2 Å². The Balaban J connectivity index is 1.78. The van der Waals surface area contributed by atoms with Gasteiger partial charge in [-0.1, -0.05) is 34.1 Å². The van der Waals surface area contributed by atoms with Crippen LogP contribution in [-0.4, -0.2) is 16.8 Å². The molecule has 0 bridgehead atoms. The fourth-order valence-electron chi connectivity index (χ4n) is 2.11. The minimum Gasteiger partial charge on any atom is -0.420 e. The Morgan fingerprint density at radius 3 is 2.38 bits per heavy atom. The lowest BCUT2D eigenvalue weighted by atomic mass is 10.1. The molecular weight excluding hydrogens is 513 g/mol. The molecule has 1 unspecified atom stereocenters. The van der Waals surface area contributed by atoms with Crippen molar-refractivity contribution in [3.63, 3.8) is 0 Å². The fourth-order valence-corrected chi connectivity index (χ4v) is 4.43. The molecule has 1 N–H and O–H groups in total. The van der Waals surface area contributed by atoms with E-state index in [1.165, 1.54) is 11.6 Å². The Morgan fingerprint density at radius 2 is 1.77 bits per heavy atom. The van der Waals surface area contributed by atoms with Gasteiger partial charge in [0.15, 0.2) is 0 Å². The van der Waals surface area contributed by atoms with Gasteiger partial charge in [0.2, 0.25) is 0 Å². The lowest BCUT2D eigenvalue weighted by Gasteiger charge is -2.14. The Labute approximate surface area is 172 Å². The van der Waals surface area contributed by atoms with Gasteiger partial charge in [-0.25, -0.2) is 4.57 Å². The van der Waals surface area contributed by atoms with Gasteiger partial charge in [-0.15, -0.1) is 0 Å². The average Bonchev–Trinajstić information content (AvgIpc) is 2.58. The van der Waals surface area contributed by atoms with E-state index in [0.717, 1.165) is 34.4 Å². The molecule has 0 saturated carbocycles. The molecule has 9 heteroatoms. The molecule has 0 radical (unpaired) electrons. The molecule has 26 heavy (non-hydrogen) atoms.